The third-order valence-corrected chi connectivity index (χ3v) is 2.54. The zero-order chi connectivity index (χ0) is 11.8. The lowest BCUT2D eigenvalue weighted by molar-refractivity contribution is -0.129. The average molecular weight is 230 g/mol. The van der Waals surface area contributed by atoms with Crippen LogP contribution in [0.3, 0.4) is 0 Å². The van der Waals surface area contributed by atoms with Crippen LogP contribution in [-0.4, -0.2) is 45.3 Å². The zero-order valence-corrected chi connectivity index (χ0v) is 9.57. The summed E-state index contributed by atoms with van der Waals surface area (Å²) in [6, 6.07) is 0. The van der Waals surface area contributed by atoms with Gasteiger partial charge in [-0.05, 0) is 6.42 Å². The van der Waals surface area contributed by atoms with Gasteiger partial charge in [-0.2, -0.15) is 0 Å². The van der Waals surface area contributed by atoms with Gasteiger partial charge in [0.25, 0.3) is 0 Å². The molecule has 0 aromatic heterocycles. The van der Waals surface area contributed by atoms with Crippen LogP contribution in [0.1, 0.15) is 19.3 Å². The number of hydrogen-bond donors (Lipinski definition) is 0. The molecule has 16 heavy (non-hydrogen) atoms. The Labute approximate surface area is 95.0 Å². The monoisotopic (exact) mass is 230 g/mol. The Hall–Kier alpha value is -0.780. The van der Waals surface area contributed by atoms with Crippen molar-refractivity contribution in [1.82, 2.24) is 0 Å². The number of Topliss-reactive ketones (excluding diaryl/α,β-unsaturated/α-hetero) is 2. The molecule has 0 N–H and O–H groups in total. The van der Waals surface area contributed by atoms with Gasteiger partial charge in [0.2, 0.25) is 0 Å². The van der Waals surface area contributed by atoms with Gasteiger partial charge < -0.3 is 14.2 Å². The summed E-state index contributed by atoms with van der Waals surface area (Å²) >= 11 is 0. The highest BCUT2D eigenvalue weighted by Gasteiger charge is 2.31. The fourth-order valence-electron chi connectivity index (χ4n) is 1.62. The Morgan fingerprint density at radius 2 is 1.69 bits per heavy atom. The number of rotatable bonds is 8. The molecule has 5 nitrogen and oxygen atoms in total. The van der Waals surface area contributed by atoms with E-state index in [1.807, 2.05) is 0 Å². The number of carbonyl (C=O) groups excluding carboxylic acids is 2. The molecule has 1 rings (SSSR count). The van der Waals surface area contributed by atoms with E-state index in [0.29, 0.717) is 39.1 Å². The van der Waals surface area contributed by atoms with Gasteiger partial charge in [0.1, 0.15) is 18.4 Å². The van der Waals surface area contributed by atoms with Crippen molar-refractivity contribution in [3.63, 3.8) is 0 Å². The minimum atomic E-state index is -0.432. The molecular formula is C11H18O5. The van der Waals surface area contributed by atoms with Crippen LogP contribution in [0.15, 0.2) is 0 Å². The summed E-state index contributed by atoms with van der Waals surface area (Å²) in [5.41, 5.74) is 0. The molecule has 0 aromatic rings. The van der Waals surface area contributed by atoms with Gasteiger partial charge in [0.15, 0.2) is 0 Å². The van der Waals surface area contributed by atoms with Crippen molar-refractivity contribution in [3.8, 4) is 0 Å². The van der Waals surface area contributed by atoms with E-state index in [-0.39, 0.29) is 18.4 Å². The summed E-state index contributed by atoms with van der Waals surface area (Å²) in [6.45, 7) is 1.58. The summed E-state index contributed by atoms with van der Waals surface area (Å²) in [5.74, 6) is -0.332. The molecule has 5 heteroatoms. The first-order valence-corrected chi connectivity index (χ1v) is 5.45. The summed E-state index contributed by atoms with van der Waals surface area (Å²) < 4.78 is 15.0. The predicted octanol–water partition coefficient (Wildman–Crippen LogP) is 0.562. The Kier molecular flexibility index (Phi) is 6.22. The maximum atomic E-state index is 11.3. The van der Waals surface area contributed by atoms with Gasteiger partial charge in [-0.1, -0.05) is 0 Å². The summed E-state index contributed by atoms with van der Waals surface area (Å²) in [4.78, 5) is 22.5. The molecule has 0 aliphatic heterocycles. The third kappa shape index (κ3) is 4.38. The van der Waals surface area contributed by atoms with Crippen LogP contribution >= 0.6 is 0 Å². The van der Waals surface area contributed by atoms with Gasteiger partial charge in [0, 0.05) is 20.0 Å². The molecule has 0 unspecified atom stereocenters. The first-order chi connectivity index (χ1) is 7.75. The average Bonchev–Trinajstić information content (AvgIpc) is 2.59. The SMILES string of the molecule is COCCOCOCCC1C(=O)CCC1=O. The van der Waals surface area contributed by atoms with Crippen LogP contribution in [0.5, 0.6) is 0 Å². The van der Waals surface area contributed by atoms with Crippen molar-refractivity contribution in [2.45, 2.75) is 19.3 Å². The second-order valence-electron chi connectivity index (χ2n) is 3.70. The Morgan fingerprint density at radius 3 is 2.31 bits per heavy atom. The lowest BCUT2D eigenvalue weighted by Gasteiger charge is -2.08. The van der Waals surface area contributed by atoms with E-state index in [1.165, 1.54) is 0 Å². The first kappa shape index (κ1) is 13.3. The van der Waals surface area contributed by atoms with Crippen molar-refractivity contribution in [1.29, 1.82) is 0 Å². The highest BCUT2D eigenvalue weighted by atomic mass is 16.7. The minimum absolute atomic E-state index is 0.0499. The maximum absolute atomic E-state index is 11.3. The quantitative estimate of drug-likeness (QED) is 0.346. The van der Waals surface area contributed by atoms with Gasteiger partial charge in [0.05, 0.1) is 25.7 Å². The number of hydrogen-bond acceptors (Lipinski definition) is 5. The van der Waals surface area contributed by atoms with Crippen LogP contribution in [-0.2, 0) is 23.8 Å². The van der Waals surface area contributed by atoms with Gasteiger partial charge in [-0.25, -0.2) is 0 Å². The molecule has 1 aliphatic rings. The van der Waals surface area contributed by atoms with E-state index in [9.17, 15) is 9.59 Å². The zero-order valence-electron chi connectivity index (χ0n) is 9.57. The van der Waals surface area contributed by atoms with Crippen molar-refractivity contribution in [2.24, 2.45) is 5.92 Å². The Morgan fingerprint density at radius 1 is 1.06 bits per heavy atom. The minimum Gasteiger partial charge on any atom is -0.382 e. The molecule has 0 atom stereocenters. The van der Waals surface area contributed by atoms with E-state index < -0.39 is 5.92 Å². The standard InChI is InChI=1S/C11H18O5/c1-14-6-7-16-8-15-5-4-9-10(12)2-3-11(9)13/h9H,2-8H2,1H3. The molecule has 0 saturated heterocycles. The van der Waals surface area contributed by atoms with Crippen LogP contribution in [0.2, 0.25) is 0 Å². The highest BCUT2D eigenvalue weighted by Crippen LogP contribution is 2.20. The topological polar surface area (TPSA) is 61.8 Å². The second kappa shape index (κ2) is 7.49. The van der Waals surface area contributed by atoms with E-state index >= 15 is 0 Å². The fraction of sp³-hybridized carbons (Fsp3) is 0.818. The third-order valence-electron chi connectivity index (χ3n) is 2.54. The van der Waals surface area contributed by atoms with Crippen molar-refractivity contribution >= 4 is 11.6 Å². The number of carbonyl (C=O) groups is 2. The largest absolute Gasteiger partial charge is 0.382 e. The predicted molar refractivity (Wildman–Crippen MR) is 56.0 cm³/mol. The molecule has 0 heterocycles. The van der Waals surface area contributed by atoms with Crippen LogP contribution in [0.25, 0.3) is 0 Å². The molecule has 92 valence electrons. The molecule has 0 radical (unpaired) electrons. The Balaban J connectivity index is 1.98. The molecule has 0 aromatic carbocycles. The van der Waals surface area contributed by atoms with Gasteiger partial charge in [-0.3, -0.25) is 9.59 Å². The van der Waals surface area contributed by atoms with E-state index in [4.69, 9.17) is 14.2 Å². The molecule has 1 saturated carbocycles. The van der Waals surface area contributed by atoms with Gasteiger partial charge >= 0.3 is 0 Å². The Bertz CT molecular complexity index is 223. The molecule has 1 fully saturated rings. The second-order valence-corrected chi connectivity index (χ2v) is 3.70. The van der Waals surface area contributed by atoms with E-state index in [1.54, 1.807) is 7.11 Å². The van der Waals surface area contributed by atoms with Crippen LogP contribution in [0, 0.1) is 5.92 Å². The molecule has 0 bridgehead atoms. The fourth-order valence-corrected chi connectivity index (χ4v) is 1.62. The van der Waals surface area contributed by atoms with Gasteiger partial charge in [-0.15, -0.1) is 0 Å². The molecule has 0 spiro atoms. The molecular weight excluding hydrogens is 212 g/mol. The lowest BCUT2D eigenvalue weighted by Crippen LogP contribution is -2.17. The molecule has 1 aliphatic carbocycles. The normalized spacial score (nSPS) is 17.3. The first-order valence-electron chi connectivity index (χ1n) is 5.45. The van der Waals surface area contributed by atoms with E-state index in [2.05, 4.69) is 0 Å². The maximum Gasteiger partial charge on any atom is 0.146 e. The summed E-state index contributed by atoms with van der Waals surface area (Å²) in [7, 11) is 1.60. The smallest absolute Gasteiger partial charge is 0.146 e. The van der Waals surface area contributed by atoms with Crippen LogP contribution < -0.4 is 0 Å². The number of ether oxygens (including phenoxy) is 3. The van der Waals surface area contributed by atoms with E-state index in [0.717, 1.165) is 0 Å². The van der Waals surface area contributed by atoms with Crippen molar-refractivity contribution < 1.29 is 23.8 Å². The highest BCUT2D eigenvalue weighted by molar-refractivity contribution is 6.08. The lowest BCUT2D eigenvalue weighted by atomic mass is 10.0. The van der Waals surface area contributed by atoms with Crippen molar-refractivity contribution in [2.75, 3.05) is 33.7 Å². The summed E-state index contributed by atoms with van der Waals surface area (Å²) in [6.07, 6.45) is 1.27. The number of ketones is 2. The van der Waals surface area contributed by atoms with Crippen molar-refractivity contribution in [3.05, 3.63) is 0 Å². The molecule has 0 amide bonds. The van der Waals surface area contributed by atoms with Crippen LogP contribution in [0.4, 0.5) is 0 Å². The number of methoxy groups -OCH3 is 1. The summed E-state index contributed by atoms with van der Waals surface area (Å²) in [5, 5.41) is 0.